The highest BCUT2D eigenvalue weighted by Crippen LogP contribution is 2.38. The van der Waals surface area contributed by atoms with E-state index in [1.165, 1.54) is 20.2 Å². The maximum absolute atomic E-state index is 5.17. The Labute approximate surface area is 201 Å². The van der Waals surface area contributed by atoms with Crippen LogP contribution in [0.15, 0.2) is 84.9 Å². The van der Waals surface area contributed by atoms with E-state index in [9.17, 15) is 0 Å². The van der Waals surface area contributed by atoms with Gasteiger partial charge in [-0.05, 0) is 42.0 Å². The molecule has 0 saturated heterocycles. The minimum absolute atomic E-state index is 0.0151. The molecule has 3 nitrogen and oxygen atoms in total. The molecule has 4 heteroatoms. The van der Waals surface area contributed by atoms with Crippen molar-refractivity contribution in [2.45, 2.75) is 26.2 Å². The van der Waals surface area contributed by atoms with E-state index in [4.69, 9.17) is 9.97 Å². The second-order valence-corrected chi connectivity index (χ2v) is 11.1. The summed E-state index contributed by atoms with van der Waals surface area (Å²) in [4.78, 5) is 10.3. The normalized spacial score (nSPS) is 12.6. The molecule has 0 atom stereocenters. The quantitative estimate of drug-likeness (QED) is 0.248. The van der Waals surface area contributed by atoms with Gasteiger partial charge in [0, 0.05) is 36.7 Å². The number of hydrogen-bond acceptors (Lipinski definition) is 3. The number of nitrogens with zero attached hydrogens (tertiary/aromatic N) is 3. The highest BCUT2D eigenvalue weighted by atomic mass is 32.1. The monoisotopic (exact) mass is 457 g/mol. The van der Waals surface area contributed by atoms with Crippen LogP contribution in [0, 0.1) is 0 Å². The molecule has 0 saturated carbocycles. The van der Waals surface area contributed by atoms with Crippen LogP contribution in [-0.4, -0.2) is 14.4 Å². The van der Waals surface area contributed by atoms with E-state index in [0.717, 1.165) is 44.5 Å². The van der Waals surface area contributed by atoms with Crippen molar-refractivity contribution in [1.29, 1.82) is 0 Å². The number of aromatic nitrogens is 3. The molecule has 0 bridgehead atoms. The van der Waals surface area contributed by atoms with Gasteiger partial charge in [-0.1, -0.05) is 69.3 Å². The van der Waals surface area contributed by atoms with Crippen LogP contribution in [0.25, 0.3) is 59.0 Å². The van der Waals surface area contributed by atoms with Crippen LogP contribution in [-0.2, 0) is 5.41 Å². The van der Waals surface area contributed by atoms with E-state index in [2.05, 4.69) is 110 Å². The Kier molecular flexibility index (Phi) is 3.98. The summed E-state index contributed by atoms with van der Waals surface area (Å²) in [7, 11) is 0. The van der Waals surface area contributed by atoms with Gasteiger partial charge in [0.15, 0.2) is 0 Å². The van der Waals surface area contributed by atoms with Gasteiger partial charge in [-0.25, -0.2) is 4.98 Å². The molecular weight excluding hydrogens is 434 g/mol. The average molecular weight is 458 g/mol. The Hall–Kier alpha value is -3.76. The molecular formula is C30H23N3S. The highest BCUT2D eigenvalue weighted by Gasteiger charge is 2.20. The van der Waals surface area contributed by atoms with Crippen molar-refractivity contribution in [3.8, 4) is 11.3 Å². The summed E-state index contributed by atoms with van der Waals surface area (Å²) in [5, 5.41) is 3.67. The number of rotatable bonds is 1. The third kappa shape index (κ3) is 2.82. The lowest BCUT2D eigenvalue weighted by Crippen LogP contribution is -2.13. The largest absolute Gasteiger partial charge is 0.292 e. The highest BCUT2D eigenvalue weighted by molar-refractivity contribution is 7.25. The molecule has 0 unspecified atom stereocenters. The predicted octanol–water partition coefficient (Wildman–Crippen LogP) is 8.37. The predicted molar refractivity (Wildman–Crippen MR) is 145 cm³/mol. The lowest BCUT2D eigenvalue weighted by atomic mass is 9.91. The van der Waals surface area contributed by atoms with E-state index in [0.29, 0.717) is 0 Å². The van der Waals surface area contributed by atoms with Crippen LogP contribution >= 0.6 is 11.3 Å². The van der Waals surface area contributed by atoms with E-state index in [1.54, 1.807) is 0 Å². The summed E-state index contributed by atoms with van der Waals surface area (Å²) in [6.07, 6.45) is 0. The summed E-state index contributed by atoms with van der Waals surface area (Å²) in [5.74, 6) is 0. The van der Waals surface area contributed by atoms with E-state index in [-0.39, 0.29) is 5.41 Å². The molecule has 4 heterocycles. The van der Waals surface area contributed by atoms with E-state index >= 15 is 0 Å². The number of fused-ring (bicyclic) bond motifs is 8. The molecule has 4 aromatic heterocycles. The average Bonchev–Trinajstić information content (AvgIpc) is 3.39. The van der Waals surface area contributed by atoms with Crippen LogP contribution in [0.5, 0.6) is 0 Å². The zero-order valence-electron chi connectivity index (χ0n) is 19.3. The third-order valence-electron chi connectivity index (χ3n) is 6.67. The maximum atomic E-state index is 5.17. The molecule has 7 rings (SSSR count). The van der Waals surface area contributed by atoms with Gasteiger partial charge in [0.05, 0.1) is 22.2 Å². The summed E-state index contributed by atoms with van der Waals surface area (Å²) in [6.45, 7) is 6.62. The molecule has 0 aliphatic heterocycles. The van der Waals surface area contributed by atoms with Crippen LogP contribution in [0.4, 0.5) is 0 Å². The summed E-state index contributed by atoms with van der Waals surface area (Å²) in [5.41, 5.74) is 7.44. The molecule has 0 aliphatic carbocycles. The minimum atomic E-state index is -0.0151. The van der Waals surface area contributed by atoms with Gasteiger partial charge in [0.1, 0.15) is 5.65 Å². The lowest BCUT2D eigenvalue weighted by molar-refractivity contribution is 0.571. The molecule has 0 N–H and O–H groups in total. The smallest absolute Gasteiger partial charge is 0.147 e. The van der Waals surface area contributed by atoms with Gasteiger partial charge in [-0.3, -0.25) is 9.38 Å². The fourth-order valence-corrected chi connectivity index (χ4v) is 6.05. The maximum Gasteiger partial charge on any atom is 0.147 e. The fraction of sp³-hybridized carbons (Fsp3) is 0.133. The second kappa shape index (κ2) is 6.87. The summed E-state index contributed by atoms with van der Waals surface area (Å²) >= 11 is 1.83. The Morgan fingerprint density at radius 3 is 2.29 bits per heavy atom. The van der Waals surface area contributed by atoms with Crippen molar-refractivity contribution in [3.63, 3.8) is 0 Å². The lowest BCUT2D eigenvalue weighted by Gasteiger charge is -2.18. The number of thiophene rings is 1. The first-order chi connectivity index (χ1) is 16.5. The van der Waals surface area contributed by atoms with Crippen molar-refractivity contribution in [3.05, 3.63) is 90.6 Å². The Bertz CT molecular complexity index is 1890. The number of pyridine rings is 2. The van der Waals surface area contributed by atoms with Gasteiger partial charge in [-0.2, -0.15) is 0 Å². The molecule has 0 radical (unpaired) electrons. The minimum Gasteiger partial charge on any atom is -0.292 e. The third-order valence-corrected chi connectivity index (χ3v) is 7.80. The molecule has 0 spiro atoms. The first-order valence-corrected chi connectivity index (χ1v) is 12.4. The molecule has 0 aliphatic rings. The molecule has 0 amide bonds. The molecule has 164 valence electrons. The van der Waals surface area contributed by atoms with Crippen LogP contribution in [0.1, 0.15) is 26.5 Å². The topological polar surface area (TPSA) is 30.2 Å². The first-order valence-electron chi connectivity index (χ1n) is 11.6. The van der Waals surface area contributed by atoms with Gasteiger partial charge in [0.25, 0.3) is 0 Å². The second-order valence-electron chi connectivity index (χ2n) is 9.98. The van der Waals surface area contributed by atoms with Crippen molar-refractivity contribution in [1.82, 2.24) is 14.4 Å². The van der Waals surface area contributed by atoms with Crippen LogP contribution in [0.3, 0.4) is 0 Å². The van der Waals surface area contributed by atoms with Crippen molar-refractivity contribution in [2.75, 3.05) is 0 Å². The number of imidazole rings is 1. The Balaban J connectivity index is 1.66. The van der Waals surface area contributed by atoms with Crippen molar-refractivity contribution < 1.29 is 0 Å². The zero-order chi connectivity index (χ0) is 23.0. The van der Waals surface area contributed by atoms with E-state index < -0.39 is 0 Å². The van der Waals surface area contributed by atoms with Gasteiger partial charge >= 0.3 is 0 Å². The summed E-state index contributed by atoms with van der Waals surface area (Å²) in [6, 6.07) is 30.4. The molecule has 0 fully saturated rings. The van der Waals surface area contributed by atoms with Gasteiger partial charge < -0.3 is 0 Å². The van der Waals surface area contributed by atoms with Crippen LogP contribution in [0.2, 0.25) is 0 Å². The SMILES string of the molecule is CC(C)(C)c1ccc2c(cc(-c3ccccc3)n3c4cc5c(cc4nc23)sc2ccccc25)n1. The first kappa shape index (κ1) is 19.7. The number of hydrogen-bond donors (Lipinski definition) is 0. The van der Waals surface area contributed by atoms with Crippen molar-refractivity contribution in [2.24, 2.45) is 0 Å². The van der Waals surface area contributed by atoms with E-state index in [1.807, 2.05) is 11.3 Å². The number of benzene rings is 3. The fourth-order valence-electron chi connectivity index (χ4n) is 4.93. The van der Waals surface area contributed by atoms with Gasteiger partial charge in [0.2, 0.25) is 0 Å². The Morgan fingerprint density at radius 2 is 1.47 bits per heavy atom. The van der Waals surface area contributed by atoms with Gasteiger partial charge in [-0.15, -0.1) is 11.3 Å². The molecule has 7 aromatic rings. The zero-order valence-corrected chi connectivity index (χ0v) is 20.1. The standard InChI is InChI=1S/C30H23N3S/c1-30(2,3)28-14-13-20-22(31-28)16-24(18-9-5-4-6-10-18)33-25-15-21-19-11-7-8-12-26(19)34-27(21)17-23(25)32-29(20)33/h4-17H,1-3H3. The summed E-state index contributed by atoms with van der Waals surface area (Å²) < 4.78 is 4.90. The molecule has 3 aromatic carbocycles. The van der Waals surface area contributed by atoms with Crippen LogP contribution < -0.4 is 0 Å². The Morgan fingerprint density at radius 1 is 0.676 bits per heavy atom. The molecule has 34 heavy (non-hydrogen) atoms. The van der Waals surface area contributed by atoms with Crippen molar-refractivity contribution >= 4 is 59.1 Å².